The van der Waals surface area contributed by atoms with Gasteiger partial charge in [0.1, 0.15) is 12.4 Å². The van der Waals surface area contributed by atoms with E-state index in [1.807, 2.05) is 0 Å². The molecule has 2 N–H and O–H groups in total. The van der Waals surface area contributed by atoms with Crippen molar-refractivity contribution in [2.45, 2.75) is 38.5 Å². The summed E-state index contributed by atoms with van der Waals surface area (Å²) in [5, 5.41) is 6.23. The van der Waals surface area contributed by atoms with E-state index in [9.17, 15) is 4.79 Å². The first-order chi connectivity index (χ1) is 12.3. The summed E-state index contributed by atoms with van der Waals surface area (Å²) in [7, 11) is 0. The summed E-state index contributed by atoms with van der Waals surface area (Å²) in [5.74, 6) is -0.0292. The van der Waals surface area contributed by atoms with Crippen LogP contribution in [-0.4, -0.2) is 33.9 Å². The van der Waals surface area contributed by atoms with Gasteiger partial charge in [0, 0.05) is 31.4 Å². The number of hydrogen-bond donors (Lipinski definition) is 2. The van der Waals surface area contributed by atoms with Crippen molar-refractivity contribution < 1.29 is 4.79 Å². The summed E-state index contributed by atoms with van der Waals surface area (Å²) in [6.07, 6.45) is 5.85. The minimum atomic E-state index is -0.357. The molecule has 0 spiro atoms. The van der Waals surface area contributed by atoms with Crippen molar-refractivity contribution in [2.24, 2.45) is 0 Å². The normalized spacial score (nSPS) is 19.8. The molecule has 1 saturated heterocycles. The van der Waals surface area contributed by atoms with Gasteiger partial charge in [-0.15, -0.1) is 0 Å². The molecular formula is C19H23N5O. The predicted molar refractivity (Wildman–Crippen MR) is 94.4 cm³/mol. The smallest absolute Gasteiger partial charge is 0.242 e. The second-order valence-corrected chi connectivity index (χ2v) is 6.76. The Morgan fingerprint density at radius 1 is 1.28 bits per heavy atom. The number of fused-ring (bicyclic) bond motifs is 1. The number of benzene rings is 1. The largest absolute Gasteiger partial charge is 0.350 e. The lowest BCUT2D eigenvalue weighted by atomic mass is 10.1. The Balaban J connectivity index is 1.36. The van der Waals surface area contributed by atoms with E-state index >= 15 is 0 Å². The van der Waals surface area contributed by atoms with Crippen LogP contribution < -0.4 is 10.6 Å². The molecule has 2 aliphatic heterocycles. The summed E-state index contributed by atoms with van der Waals surface area (Å²) in [4.78, 5) is 23.2. The highest BCUT2D eigenvalue weighted by molar-refractivity contribution is 5.84. The molecule has 2 aromatic rings. The van der Waals surface area contributed by atoms with E-state index in [-0.39, 0.29) is 11.9 Å². The molecular weight excluding hydrogens is 314 g/mol. The van der Waals surface area contributed by atoms with Crippen molar-refractivity contribution in [3.8, 4) is 0 Å². The molecule has 25 heavy (non-hydrogen) atoms. The van der Waals surface area contributed by atoms with Crippen LogP contribution in [0.5, 0.6) is 0 Å². The Morgan fingerprint density at radius 2 is 2.12 bits per heavy atom. The van der Waals surface area contributed by atoms with Crippen molar-refractivity contribution in [2.75, 3.05) is 13.1 Å². The van der Waals surface area contributed by atoms with Gasteiger partial charge in [-0.2, -0.15) is 0 Å². The van der Waals surface area contributed by atoms with Gasteiger partial charge in [0.2, 0.25) is 5.91 Å². The van der Waals surface area contributed by atoms with Crippen LogP contribution in [0.15, 0.2) is 36.8 Å². The third-order valence-corrected chi connectivity index (χ3v) is 4.94. The Bertz CT molecular complexity index is 757. The number of aromatic nitrogens is 2. The highest BCUT2D eigenvalue weighted by atomic mass is 16.2. The molecule has 1 aromatic heterocycles. The lowest BCUT2D eigenvalue weighted by Gasteiger charge is -2.16. The van der Waals surface area contributed by atoms with Crippen LogP contribution in [0, 0.1) is 0 Å². The minimum Gasteiger partial charge on any atom is -0.350 e. The average Bonchev–Trinajstić information content (AvgIpc) is 3.29. The van der Waals surface area contributed by atoms with Gasteiger partial charge in [0.25, 0.3) is 0 Å². The zero-order valence-electron chi connectivity index (χ0n) is 14.2. The van der Waals surface area contributed by atoms with Crippen LogP contribution in [0.3, 0.4) is 0 Å². The number of carbonyl (C=O) groups excluding carboxylic acids is 1. The molecule has 4 rings (SSSR count). The average molecular weight is 337 g/mol. The standard InChI is InChI=1S/C19H23N5O/c25-19(18-16-10-20-13-23-17(16)11-21-18)22-9-14-4-3-5-15(8-14)12-24-6-1-2-7-24/h3-5,8,10,13,18,21H,1-2,6-7,9,11-12H2,(H,22,25). The van der Waals surface area contributed by atoms with Crippen LogP contribution in [-0.2, 0) is 24.4 Å². The molecule has 3 heterocycles. The maximum Gasteiger partial charge on any atom is 0.242 e. The van der Waals surface area contributed by atoms with Gasteiger partial charge in [0.15, 0.2) is 0 Å². The van der Waals surface area contributed by atoms with Crippen molar-refractivity contribution in [3.05, 3.63) is 59.2 Å². The van der Waals surface area contributed by atoms with Crippen LogP contribution in [0.1, 0.15) is 41.3 Å². The van der Waals surface area contributed by atoms with Crippen molar-refractivity contribution >= 4 is 5.91 Å². The van der Waals surface area contributed by atoms with E-state index in [1.165, 1.54) is 37.8 Å². The highest BCUT2D eigenvalue weighted by Crippen LogP contribution is 2.22. The molecule has 0 radical (unpaired) electrons. The van der Waals surface area contributed by atoms with Gasteiger partial charge >= 0.3 is 0 Å². The number of hydrogen-bond acceptors (Lipinski definition) is 5. The maximum atomic E-state index is 12.5. The van der Waals surface area contributed by atoms with Crippen LogP contribution in [0.2, 0.25) is 0 Å². The van der Waals surface area contributed by atoms with Gasteiger partial charge in [-0.25, -0.2) is 9.97 Å². The fourth-order valence-corrected chi connectivity index (χ4v) is 3.63. The quantitative estimate of drug-likeness (QED) is 0.866. The number of likely N-dealkylation sites (tertiary alicyclic amines) is 1. The molecule has 0 bridgehead atoms. The van der Waals surface area contributed by atoms with Crippen LogP contribution in [0.4, 0.5) is 0 Å². The number of amides is 1. The van der Waals surface area contributed by atoms with Gasteiger partial charge < -0.3 is 5.32 Å². The summed E-state index contributed by atoms with van der Waals surface area (Å²) >= 11 is 0. The van der Waals surface area contributed by atoms with Crippen LogP contribution >= 0.6 is 0 Å². The third kappa shape index (κ3) is 3.70. The zero-order valence-corrected chi connectivity index (χ0v) is 14.2. The molecule has 1 aromatic carbocycles. The third-order valence-electron chi connectivity index (χ3n) is 4.94. The Morgan fingerprint density at radius 3 is 3.00 bits per heavy atom. The van der Waals surface area contributed by atoms with Crippen LogP contribution in [0.25, 0.3) is 0 Å². The van der Waals surface area contributed by atoms with E-state index < -0.39 is 0 Å². The Hall–Kier alpha value is -2.31. The number of nitrogens with zero attached hydrogens (tertiary/aromatic N) is 3. The SMILES string of the molecule is O=C(NCc1cccc(CN2CCCC2)c1)C1NCc2ncncc21. The number of rotatable bonds is 5. The molecule has 1 unspecified atom stereocenters. The van der Waals surface area contributed by atoms with E-state index in [2.05, 4.69) is 49.8 Å². The van der Waals surface area contributed by atoms with E-state index in [0.717, 1.165) is 23.4 Å². The number of nitrogens with one attached hydrogen (secondary N) is 2. The predicted octanol–water partition coefficient (Wildman–Crippen LogP) is 1.53. The molecule has 0 saturated carbocycles. The fraction of sp³-hybridized carbons (Fsp3) is 0.421. The molecule has 130 valence electrons. The number of carbonyl (C=O) groups is 1. The highest BCUT2D eigenvalue weighted by Gasteiger charge is 2.28. The van der Waals surface area contributed by atoms with Gasteiger partial charge in [-0.3, -0.25) is 15.0 Å². The van der Waals surface area contributed by atoms with Crippen molar-refractivity contribution in [1.29, 1.82) is 0 Å². The molecule has 1 fully saturated rings. The fourth-order valence-electron chi connectivity index (χ4n) is 3.63. The Kier molecular flexibility index (Phi) is 4.72. The first-order valence-electron chi connectivity index (χ1n) is 8.89. The van der Waals surface area contributed by atoms with Gasteiger partial charge in [0.05, 0.1) is 5.69 Å². The van der Waals surface area contributed by atoms with Gasteiger partial charge in [-0.1, -0.05) is 24.3 Å². The monoisotopic (exact) mass is 337 g/mol. The maximum absolute atomic E-state index is 12.5. The first-order valence-corrected chi connectivity index (χ1v) is 8.89. The molecule has 6 nitrogen and oxygen atoms in total. The van der Waals surface area contributed by atoms with Gasteiger partial charge in [-0.05, 0) is 37.1 Å². The first kappa shape index (κ1) is 16.2. The second-order valence-electron chi connectivity index (χ2n) is 6.76. The topological polar surface area (TPSA) is 70.2 Å². The molecule has 0 aliphatic carbocycles. The minimum absolute atomic E-state index is 0.0292. The summed E-state index contributed by atoms with van der Waals surface area (Å²) < 4.78 is 0. The van der Waals surface area contributed by atoms with E-state index in [0.29, 0.717) is 13.1 Å². The van der Waals surface area contributed by atoms with E-state index in [1.54, 1.807) is 6.20 Å². The summed E-state index contributed by atoms with van der Waals surface area (Å²) in [5.41, 5.74) is 4.23. The van der Waals surface area contributed by atoms with Crippen molar-refractivity contribution in [1.82, 2.24) is 25.5 Å². The van der Waals surface area contributed by atoms with E-state index in [4.69, 9.17) is 0 Å². The molecule has 1 amide bonds. The second kappa shape index (κ2) is 7.29. The molecule has 2 aliphatic rings. The summed E-state index contributed by atoms with van der Waals surface area (Å²) in [6.45, 7) is 4.53. The summed E-state index contributed by atoms with van der Waals surface area (Å²) in [6, 6.07) is 8.13. The lowest BCUT2D eigenvalue weighted by Crippen LogP contribution is -2.33. The Labute approximate surface area is 147 Å². The molecule has 6 heteroatoms. The lowest BCUT2D eigenvalue weighted by molar-refractivity contribution is -0.123. The van der Waals surface area contributed by atoms with Crippen molar-refractivity contribution in [3.63, 3.8) is 0 Å². The molecule has 1 atom stereocenters. The zero-order chi connectivity index (χ0) is 17.1.